The van der Waals surface area contributed by atoms with Gasteiger partial charge in [-0.15, -0.1) is 0 Å². The highest BCUT2D eigenvalue weighted by Gasteiger charge is 2.34. The molecule has 0 aromatic heterocycles. The van der Waals surface area contributed by atoms with Gasteiger partial charge in [-0.1, -0.05) is 60.2 Å². The van der Waals surface area contributed by atoms with E-state index in [9.17, 15) is 18.0 Å². The fraction of sp³-hybridized carbons (Fsp3) is 0.355. The van der Waals surface area contributed by atoms with E-state index in [0.717, 1.165) is 27.3 Å². The molecule has 0 saturated carbocycles. The first kappa shape index (κ1) is 29.9. The number of carbonyl (C=O) groups excluding carboxylic acids is 2. The summed E-state index contributed by atoms with van der Waals surface area (Å²) in [6.45, 7) is 7.23. The Balaban J connectivity index is 1.74. The maximum atomic E-state index is 14.2. The molecule has 10 heteroatoms. The van der Waals surface area contributed by atoms with Crippen LogP contribution in [0.2, 0.25) is 0 Å². The van der Waals surface area contributed by atoms with E-state index in [0.29, 0.717) is 11.5 Å². The van der Waals surface area contributed by atoms with Gasteiger partial charge in [-0.05, 0) is 51.0 Å². The van der Waals surface area contributed by atoms with Gasteiger partial charge in [-0.25, -0.2) is 8.42 Å². The molecular weight excluding hydrogens is 542 g/mol. The molecule has 0 saturated heterocycles. The van der Waals surface area contributed by atoms with Crippen molar-refractivity contribution in [1.29, 1.82) is 0 Å². The van der Waals surface area contributed by atoms with E-state index < -0.39 is 34.1 Å². The lowest BCUT2D eigenvalue weighted by Gasteiger charge is -2.35. The zero-order chi connectivity index (χ0) is 29.8. The smallest absolute Gasteiger partial charge is 0.244 e. The molecule has 3 aromatic rings. The number of nitrogens with zero attached hydrogens (tertiary/aromatic N) is 2. The summed E-state index contributed by atoms with van der Waals surface area (Å²) < 4.78 is 37.8. The molecule has 3 aromatic carbocycles. The van der Waals surface area contributed by atoms with Crippen LogP contribution < -0.4 is 19.1 Å². The van der Waals surface area contributed by atoms with Gasteiger partial charge in [0.05, 0.1) is 11.9 Å². The lowest BCUT2D eigenvalue weighted by molar-refractivity contribution is -0.140. The minimum absolute atomic E-state index is 0.0327. The van der Waals surface area contributed by atoms with Crippen molar-refractivity contribution in [2.45, 2.75) is 52.2 Å². The number of carbonyl (C=O) groups is 2. The number of hydrogen-bond acceptors (Lipinski definition) is 6. The highest BCUT2D eigenvalue weighted by molar-refractivity contribution is 7.92. The summed E-state index contributed by atoms with van der Waals surface area (Å²) in [5, 5.41) is 3.02. The Kier molecular flexibility index (Phi) is 8.92. The molecule has 1 unspecified atom stereocenters. The Bertz CT molecular complexity index is 1500. The van der Waals surface area contributed by atoms with E-state index in [1.807, 2.05) is 82.3 Å². The van der Waals surface area contributed by atoms with Crippen molar-refractivity contribution >= 4 is 27.5 Å². The highest BCUT2D eigenvalue weighted by atomic mass is 32.2. The number of sulfonamides is 1. The van der Waals surface area contributed by atoms with Crippen molar-refractivity contribution in [3.8, 4) is 11.5 Å². The first-order chi connectivity index (χ1) is 19.3. The standard InChI is InChI=1S/C31H37N3O6S/c1-22-10-9-13-24(16-22)19-33(26(30(36)32-31(2,3)4)17-23-11-7-6-8-12-23)29(35)20-34(41(5,37)38)25-14-15-27-28(18-25)40-21-39-27/h6-16,18,26H,17,19-21H2,1-5H3,(H,32,36). The summed E-state index contributed by atoms with van der Waals surface area (Å²) in [6, 6.07) is 21.0. The summed E-state index contributed by atoms with van der Waals surface area (Å²) in [6.07, 6.45) is 1.30. The van der Waals surface area contributed by atoms with Crippen LogP contribution in [0.15, 0.2) is 72.8 Å². The van der Waals surface area contributed by atoms with Crippen LogP contribution in [0, 0.1) is 6.92 Å². The van der Waals surface area contributed by atoms with Gasteiger partial charge < -0.3 is 19.7 Å². The Morgan fingerprint density at radius 1 is 0.927 bits per heavy atom. The second kappa shape index (κ2) is 12.2. The third-order valence-electron chi connectivity index (χ3n) is 6.53. The predicted molar refractivity (Wildman–Crippen MR) is 158 cm³/mol. The normalized spacial score (nSPS) is 13.4. The number of fused-ring (bicyclic) bond motifs is 1. The largest absolute Gasteiger partial charge is 0.454 e. The van der Waals surface area contributed by atoms with E-state index in [-0.39, 0.29) is 31.4 Å². The van der Waals surface area contributed by atoms with Gasteiger partial charge in [0.1, 0.15) is 12.6 Å². The van der Waals surface area contributed by atoms with Crippen LogP contribution in [0.25, 0.3) is 0 Å². The van der Waals surface area contributed by atoms with Crippen molar-refractivity contribution < 1.29 is 27.5 Å². The highest BCUT2D eigenvalue weighted by Crippen LogP contribution is 2.36. The molecule has 9 nitrogen and oxygen atoms in total. The number of hydrogen-bond donors (Lipinski definition) is 1. The first-order valence-electron chi connectivity index (χ1n) is 13.4. The minimum atomic E-state index is -3.89. The van der Waals surface area contributed by atoms with Crippen molar-refractivity contribution in [2.75, 3.05) is 23.9 Å². The molecule has 0 bridgehead atoms. The molecule has 2 amide bonds. The molecule has 41 heavy (non-hydrogen) atoms. The molecule has 0 aliphatic carbocycles. The van der Waals surface area contributed by atoms with Gasteiger partial charge in [0.15, 0.2) is 11.5 Å². The summed E-state index contributed by atoms with van der Waals surface area (Å²) in [4.78, 5) is 29.4. The molecule has 1 aliphatic heterocycles. The molecule has 1 heterocycles. The number of ether oxygens (including phenoxy) is 2. The maximum Gasteiger partial charge on any atom is 0.244 e. The molecule has 1 N–H and O–H groups in total. The fourth-order valence-electron chi connectivity index (χ4n) is 4.67. The van der Waals surface area contributed by atoms with Gasteiger partial charge in [0.25, 0.3) is 0 Å². The SMILES string of the molecule is Cc1cccc(CN(C(=O)CN(c2ccc3c(c2)OCO3)S(C)(=O)=O)C(Cc2ccccc2)C(=O)NC(C)(C)C)c1. The Labute approximate surface area is 242 Å². The van der Waals surface area contributed by atoms with Crippen LogP contribution in [-0.4, -0.2) is 56.3 Å². The second-order valence-corrected chi connectivity index (χ2v) is 13.2. The van der Waals surface area contributed by atoms with Crippen LogP contribution in [0.3, 0.4) is 0 Å². The van der Waals surface area contributed by atoms with Crippen LogP contribution in [0.5, 0.6) is 11.5 Å². The van der Waals surface area contributed by atoms with Gasteiger partial charge in [-0.2, -0.15) is 0 Å². The Morgan fingerprint density at radius 3 is 2.27 bits per heavy atom. The van der Waals surface area contributed by atoms with Crippen LogP contribution in [-0.2, 0) is 32.6 Å². The number of benzene rings is 3. The molecule has 0 fully saturated rings. The zero-order valence-corrected chi connectivity index (χ0v) is 24.9. The first-order valence-corrected chi connectivity index (χ1v) is 15.2. The number of nitrogens with one attached hydrogen (secondary N) is 1. The van der Waals surface area contributed by atoms with E-state index in [2.05, 4.69) is 5.32 Å². The Morgan fingerprint density at radius 2 is 1.61 bits per heavy atom. The molecule has 0 spiro atoms. The van der Waals surface area contributed by atoms with Crippen molar-refractivity contribution in [3.63, 3.8) is 0 Å². The fourth-order valence-corrected chi connectivity index (χ4v) is 5.51. The summed E-state index contributed by atoms with van der Waals surface area (Å²) >= 11 is 0. The average molecular weight is 580 g/mol. The van der Waals surface area contributed by atoms with Crippen molar-refractivity contribution in [2.24, 2.45) is 0 Å². The van der Waals surface area contributed by atoms with E-state index in [1.54, 1.807) is 12.1 Å². The Hall–Kier alpha value is -4.05. The monoisotopic (exact) mass is 579 g/mol. The van der Waals surface area contributed by atoms with E-state index in [4.69, 9.17) is 9.47 Å². The number of rotatable bonds is 10. The van der Waals surface area contributed by atoms with Gasteiger partial charge in [0.2, 0.25) is 28.6 Å². The molecule has 0 radical (unpaired) electrons. The predicted octanol–water partition coefficient (Wildman–Crippen LogP) is 4.04. The minimum Gasteiger partial charge on any atom is -0.454 e. The van der Waals surface area contributed by atoms with E-state index >= 15 is 0 Å². The molecule has 218 valence electrons. The molecule has 1 atom stereocenters. The summed E-state index contributed by atoms with van der Waals surface area (Å²) in [5.41, 5.74) is 2.43. The topological polar surface area (TPSA) is 105 Å². The van der Waals surface area contributed by atoms with Gasteiger partial charge in [-0.3, -0.25) is 13.9 Å². The molecule has 1 aliphatic rings. The summed E-state index contributed by atoms with van der Waals surface area (Å²) in [7, 11) is -3.89. The summed E-state index contributed by atoms with van der Waals surface area (Å²) in [5.74, 6) is 0.0547. The third kappa shape index (κ3) is 8.00. The second-order valence-electron chi connectivity index (χ2n) is 11.3. The van der Waals surface area contributed by atoms with Crippen LogP contribution in [0.1, 0.15) is 37.5 Å². The van der Waals surface area contributed by atoms with Crippen molar-refractivity contribution in [3.05, 3.63) is 89.5 Å². The molecular formula is C31H37N3O6S. The van der Waals surface area contributed by atoms with Gasteiger partial charge in [0, 0.05) is 24.6 Å². The maximum absolute atomic E-state index is 14.2. The average Bonchev–Trinajstić information content (AvgIpc) is 3.36. The number of amides is 2. The van der Waals surface area contributed by atoms with Crippen molar-refractivity contribution in [1.82, 2.24) is 10.2 Å². The zero-order valence-electron chi connectivity index (χ0n) is 24.1. The molecule has 4 rings (SSSR count). The van der Waals surface area contributed by atoms with Crippen LogP contribution >= 0.6 is 0 Å². The quantitative estimate of drug-likeness (QED) is 0.389. The number of aryl methyl sites for hydroxylation is 1. The van der Waals surface area contributed by atoms with Crippen LogP contribution in [0.4, 0.5) is 5.69 Å². The number of anilines is 1. The lowest BCUT2D eigenvalue weighted by Crippen LogP contribution is -2.56. The van der Waals surface area contributed by atoms with Gasteiger partial charge >= 0.3 is 0 Å². The van der Waals surface area contributed by atoms with E-state index in [1.165, 1.54) is 11.0 Å². The lowest BCUT2D eigenvalue weighted by atomic mass is 10.0. The third-order valence-corrected chi connectivity index (χ3v) is 7.67.